The van der Waals surface area contributed by atoms with Crippen LogP contribution in [-0.4, -0.2) is 0 Å². The highest BCUT2D eigenvalue weighted by atomic mass is 31.1. The van der Waals surface area contributed by atoms with Crippen LogP contribution in [-0.2, 0) is 11.0 Å². The molecular weight excluding hydrogens is 239 g/mol. The van der Waals surface area contributed by atoms with Crippen molar-refractivity contribution in [2.75, 3.05) is 0 Å². The molecule has 0 aromatic heterocycles. The Morgan fingerprint density at radius 1 is 1.00 bits per heavy atom. The first-order valence-corrected chi connectivity index (χ1v) is 7.75. The molecule has 0 bridgehead atoms. The van der Waals surface area contributed by atoms with Crippen molar-refractivity contribution >= 4 is 13.8 Å². The van der Waals surface area contributed by atoms with Gasteiger partial charge in [0.25, 0.3) is 0 Å². The van der Waals surface area contributed by atoms with Crippen LogP contribution in [0.5, 0.6) is 0 Å². The normalized spacial score (nSPS) is 11.4. The van der Waals surface area contributed by atoms with Crippen molar-refractivity contribution in [3.63, 3.8) is 0 Å². The quantitative estimate of drug-likeness (QED) is 0.345. The first-order chi connectivity index (χ1) is 8.86. The van der Waals surface area contributed by atoms with Crippen molar-refractivity contribution < 1.29 is 4.57 Å². The summed E-state index contributed by atoms with van der Waals surface area (Å²) in [6.07, 6.45) is 13.4. The van der Waals surface area contributed by atoms with Crippen LogP contribution >= 0.6 is 8.46 Å². The van der Waals surface area contributed by atoms with Gasteiger partial charge in [0.2, 0.25) is 0 Å². The molecule has 0 amide bonds. The molecule has 0 aliphatic heterocycles. The van der Waals surface area contributed by atoms with E-state index in [0.29, 0.717) is 0 Å². The molecule has 0 saturated carbocycles. The molecule has 1 aromatic carbocycles. The summed E-state index contributed by atoms with van der Waals surface area (Å²) in [5, 5.41) is 0.846. The molecule has 0 atom stereocenters. The Morgan fingerprint density at radius 3 is 2.39 bits per heavy atom. The average Bonchev–Trinajstić information content (AvgIpc) is 2.42. The molecule has 0 saturated heterocycles. The van der Waals surface area contributed by atoms with Gasteiger partial charge in [-0.05, 0) is 37.0 Å². The molecule has 1 nitrogen and oxygen atoms in total. The van der Waals surface area contributed by atoms with Gasteiger partial charge in [-0.3, -0.25) is 4.57 Å². The third kappa shape index (κ3) is 6.71. The summed E-state index contributed by atoms with van der Waals surface area (Å²) in [5.74, 6) is 0. The summed E-state index contributed by atoms with van der Waals surface area (Å²) >= 11 is 0. The fourth-order valence-corrected chi connectivity index (χ4v) is 2.17. The van der Waals surface area contributed by atoms with Gasteiger partial charge in [-0.2, -0.15) is 0 Å². The molecular formula is C16H23OP. The zero-order valence-corrected chi connectivity index (χ0v) is 12.2. The minimum atomic E-state index is 0.105. The van der Waals surface area contributed by atoms with Crippen LogP contribution in [0.25, 0.3) is 0 Å². The van der Waals surface area contributed by atoms with E-state index in [0.717, 1.165) is 11.7 Å². The van der Waals surface area contributed by atoms with Crippen LogP contribution < -0.4 is 5.30 Å². The van der Waals surface area contributed by atoms with Gasteiger partial charge >= 0.3 is 0 Å². The molecule has 1 aromatic rings. The van der Waals surface area contributed by atoms with Crippen molar-refractivity contribution in [2.45, 2.75) is 51.9 Å². The van der Waals surface area contributed by atoms with Crippen LogP contribution in [0.2, 0.25) is 0 Å². The zero-order chi connectivity index (χ0) is 13.1. The third-order valence-electron chi connectivity index (χ3n) is 3.04. The van der Waals surface area contributed by atoms with Crippen molar-refractivity contribution in [2.24, 2.45) is 0 Å². The monoisotopic (exact) mass is 262 g/mol. The van der Waals surface area contributed by atoms with Crippen LogP contribution in [0, 0.1) is 0 Å². The smallest absolute Gasteiger partial charge is 0.192 e. The number of hydrogen-bond donors (Lipinski definition) is 0. The van der Waals surface area contributed by atoms with Crippen LogP contribution in [0.4, 0.5) is 0 Å². The van der Waals surface area contributed by atoms with Crippen LogP contribution in [0.15, 0.2) is 36.4 Å². The molecule has 98 valence electrons. The highest BCUT2D eigenvalue weighted by molar-refractivity contribution is 7.34. The van der Waals surface area contributed by atoms with E-state index in [9.17, 15) is 4.57 Å². The summed E-state index contributed by atoms with van der Waals surface area (Å²) < 4.78 is 10.6. The number of allylic oxidation sites excluding steroid dienone is 2. The van der Waals surface area contributed by atoms with E-state index in [1.807, 2.05) is 24.3 Å². The lowest BCUT2D eigenvalue weighted by atomic mass is 10.1. The van der Waals surface area contributed by atoms with E-state index in [-0.39, 0.29) is 8.46 Å². The second-order valence-electron chi connectivity index (χ2n) is 4.64. The average molecular weight is 262 g/mol. The van der Waals surface area contributed by atoms with Gasteiger partial charge in [-0.15, -0.1) is 0 Å². The highest BCUT2D eigenvalue weighted by Crippen LogP contribution is 2.07. The van der Waals surface area contributed by atoms with E-state index >= 15 is 0 Å². The number of benzene rings is 1. The Morgan fingerprint density at radius 2 is 1.72 bits per heavy atom. The third-order valence-corrected chi connectivity index (χ3v) is 3.55. The predicted molar refractivity (Wildman–Crippen MR) is 79.9 cm³/mol. The molecule has 0 fully saturated rings. The van der Waals surface area contributed by atoms with Gasteiger partial charge < -0.3 is 0 Å². The Hall–Kier alpha value is -0.940. The van der Waals surface area contributed by atoms with Gasteiger partial charge in [0.15, 0.2) is 8.46 Å². The summed E-state index contributed by atoms with van der Waals surface area (Å²) in [7, 11) is 0.105. The maximum absolute atomic E-state index is 10.6. The lowest BCUT2D eigenvalue weighted by Gasteiger charge is -1.97. The molecule has 0 heterocycles. The van der Waals surface area contributed by atoms with E-state index in [2.05, 4.69) is 19.1 Å². The Labute approximate surface area is 113 Å². The maximum Gasteiger partial charge on any atom is 0.192 e. The van der Waals surface area contributed by atoms with E-state index in [4.69, 9.17) is 0 Å². The molecule has 18 heavy (non-hydrogen) atoms. The van der Waals surface area contributed by atoms with Crippen LogP contribution in [0.3, 0.4) is 0 Å². The SMILES string of the molecule is CCCCCCC/C=C/Cc1ccc(P=O)cc1. The summed E-state index contributed by atoms with van der Waals surface area (Å²) in [4.78, 5) is 0. The van der Waals surface area contributed by atoms with Gasteiger partial charge in [0.1, 0.15) is 0 Å². The molecule has 0 aliphatic rings. The Balaban J connectivity index is 2.13. The Kier molecular flexibility index (Phi) is 8.42. The number of rotatable bonds is 9. The molecule has 0 unspecified atom stereocenters. The van der Waals surface area contributed by atoms with Gasteiger partial charge in [-0.1, -0.05) is 56.9 Å². The van der Waals surface area contributed by atoms with Gasteiger partial charge in [0, 0.05) is 5.30 Å². The largest absolute Gasteiger partial charge is 0.269 e. The fourth-order valence-electron chi connectivity index (χ4n) is 1.90. The first-order valence-electron chi connectivity index (χ1n) is 6.94. The topological polar surface area (TPSA) is 17.1 Å². The summed E-state index contributed by atoms with van der Waals surface area (Å²) in [6.45, 7) is 2.25. The minimum Gasteiger partial charge on any atom is -0.269 e. The number of unbranched alkanes of at least 4 members (excludes halogenated alkanes) is 5. The standard InChI is InChI=1S/C16H23OP/c1-2-3-4-5-6-7-8-9-10-15-11-13-16(18-17)14-12-15/h8-9,11-14H,2-7,10H2,1H3/b9-8+. The molecule has 0 radical (unpaired) electrons. The fraction of sp³-hybridized carbons (Fsp3) is 0.500. The molecule has 0 aliphatic carbocycles. The first kappa shape index (κ1) is 15.1. The van der Waals surface area contributed by atoms with E-state index < -0.39 is 0 Å². The van der Waals surface area contributed by atoms with Crippen molar-refractivity contribution in [1.82, 2.24) is 0 Å². The van der Waals surface area contributed by atoms with Crippen molar-refractivity contribution in [1.29, 1.82) is 0 Å². The second kappa shape index (κ2) is 10.0. The minimum absolute atomic E-state index is 0.105. The molecule has 1 rings (SSSR count). The Bertz CT molecular complexity index is 354. The molecule has 0 spiro atoms. The second-order valence-corrected chi connectivity index (χ2v) is 5.34. The number of hydrogen-bond acceptors (Lipinski definition) is 1. The summed E-state index contributed by atoms with van der Waals surface area (Å²) in [5.41, 5.74) is 1.28. The van der Waals surface area contributed by atoms with Crippen LogP contribution in [0.1, 0.15) is 51.0 Å². The molecule has 0 N–H and O–H groups in total. The lowest BCUT2D eigenvalue weighted by Crippen LogP contribution is -1.90. The van der Waals surface area contributed by atoms with Gasteiger partial charge in [0.05, 0.1) is 0 Å². The predicted octanol–water partition coefficient (Wildman–Crippen LogP) is 5.06. The van der Waals surface area contributed by atoms with Gasteiger partial charge in [-0.25, -0.2) is 0 Å². The van der Waals surface area contributed by atoms with E-state index in [1.54, 1.807) is 0 Å². The van der Waals surface area contributed by atoms with Crippen molar-refractivity contribution in [3.8, 4) is 0 Å². The molecule has 2 heteroatoms. The van der Waals surface area contributed by atoms with E-state index in [1.165, 1.54) is 44.1 Å². The van der Waals surface area contributed by atoms with Crippen molar-refractivity contribution in [3.05, 3.63) is 42.0 Å². The highest BCUT2D eigenvalue weighted by Gasteiger charge is 1.92. The summed E-state index contributed by atoms with van der Waals surface area (Å²) in [6, 6.07) is 7.93. The lowest BCUT2D eigenvalue weighted by molar-refractivity contribution is 0.603. The maximum atomic E-state index is 10.6. The zero-order valence-electron chi connectivity index (χ0n) is 11.3.